The van der Waals surface area contributed by atoms with Crippen LogP contribution in [0.2, 0.25) is 0 Å². The maximum absolute atomic E-state index is 12.1. The Kier molecular flexibility index (Phi) is 4.47. The minimum Gasteiger partial charge on any atom is -0.477 e. The number of aromatic nitrogens is 2. The second-order valence-corrected chi connectivity index (χ2v) is 4.83. The summed E-state index contributed by atoms with van der Waals surface area (Å²) in [6.45, 7) is 6.09. The summed E-state index contributed by atoms with van der Waals surface area (Å²) < 4.78 is 0. The zero-order chi connectivity index (χ0) is 13.9. The van der Waals surface area contributed by atoms with Crippen molar-refractivity contribution in [1.29, 1.82) is 0 Å². The number of amides is 1. The Labute approximate surface area is 106 Å². The Hall–Kier alpha value is -1.85. The fraction of sp³-hybridized carbons (Fsp3) is 0.583. The zero-order valence-electron chi connectivity index (χ0n) is 11.1. The molecule has 1 atom stereocenters. The van der Waals surface area contributed by atoms with E-state index in [0.29, 0.717) is 5.92 Å². The molecule has 18 heavy (non-hydrogen) atoms. The first-order chi connectivity index (χ1) is 8.34. The van der Waals surface area contributed by atoms with Gasteiger partial charge >= 0.3 is 5.97 Å². The van der Waals surface area contributed by atoms with Crippen molar-refractivity contribution in [3.8, 4) is 0 Å². The van der Waals surface area contributed by atoms with E-state index in [1.165, 1.54) is 11.2 Å². The summed E-state index contributed by atoms with van der Waals surface area (Å²) >= 11 is 0. The van der Waals surface area contributed by atoms with Crippen LogP contribution in [0.3, 0.4) is 0 Å². The van der Waals surface area contributed by atoms with Gasteiger partial charge < -0.3 is 15.0 Å². The SMILES string of the molecule is CC(C)CC(C)N(C)C(=O)c1nc[nH]c1C(=O)O. The van der Waals surface area contributed by atoms with Gasteiger partial charge in [-0.05, 0) is 19.3 Å². The van der Waals surface area contributed by atoms with Gasteiger partial charge in [0.1, 0.15) is 0 Å². The van der Waals surface area contributed by atoms with Gasteiger partial charge in [-0.2, -0.15) is 0 Å². The second kappa shape index (κ2) is 5.66. The number of imidazole rings is 1. The topological polar surface area (TPSA) is 86.3 Å². The number of H-pyrrole nitrogens is 1. The number of aromatic amines is 1. The average molecular weight is 253 g/mol. The van der Waals surface area contributed by atoms with Crippen molar-refractivity contribution in [3.05, 3.63) is 17.7 Å². The van der Waals surface area contributed by atoms with E-state index in [-0.39, 0.29) is 23.3 Å². The van der Waals surface area contributed by atoms with Crippen molar-refractivity contribution in [1.82, 2.24) is 14.9 Å². The molecule has 1 unspecified atom stereocenters. The molecule has 2 N–H and O–H groups in total. The molecule has 0 radical (unpaired) electrons. The molecule has 0 aliphatic carbocycles. The van der Waals surface area contributed by atoms with E-state index in [1.807, 2.05) is 6.92 Å². The van der Waals surface area contributed by atoms with E-state index < -0.39 is 5.97 Å². The molecule has 0 bridgehead atoms. The van der Waals surface area contributed by atoms with Crippen LogP contribution in [0, 0.1) is 5.92 Å². The number of carboxylic acid groups (broad SMARTS) is 1. The van der Waals surface area contributed by atoms with Crippen molar-refractivity contribution >= 4 is 11.9 Å². The summed E-state index contributed by atoms with van der Waals surface area (Å²) in [5, 5.41) is 8.93. The normalized spacial score (nSPS) is 12.5. The molecule has 0 spiro atoms. The highest BCUT2D eigenvalue weighted by atomic mass is 16.4. The van der Waals surface area contributed by atoms with Crippen molar-refractivity contribution < 1.29 is 14.7 Å². The summed E-state index contributed by atoms with van der Waals surface area (Å²) in [5.41, 5.74) is -0.204. The van der Waals surface area contributed by atoms with E-state index in [4.69, 9.17) is 5.11 Å². The van der Waals surface area contributed by atoms with Gasteiger partial charge in [-0.3, -0.25) is 4.79 Å². The molecule has 1 aromatic heterocycles. The molecule has 0 aromatic carbocycles. The third-order valence-electron chi connectivity index (χ3n) is 2.85. The number of carboxylic acids is 1. The fourth-order valence-corrected chi connectivity index (χ4v) is 1.83. The van der Waals surface area contributed by atoms with Crippen LogP contribution in [-0.2, 0) is 0 Å². The number of hydrogen-bond acceptors (Lipinski definition) is 3. The minimum absolute atomic E-state index is 0.0378. The molecule has 1 heterocycles. The number of carbonyl (C=O) groups is 2. The predicted molar refractivity (Wildman–Crippen MR) is 66.6 cm³/mol. The molecule has 0 aliphatic rings. The lowest BCUT2D eigenvalue weighted by molar-refractivity contribution is 0.0660. The predicted octanol–water partition coefficient (Wildman–Crippen LogP) is 1.61. The molecule has 0 aliphatic heterocycles. The zero-order valence-corrected chi connectivity index (χ0v) is 11.1. The number of rotatable bonds is 5. The largest absolute Gasteiger partial charge is 0.477 e. The van der Waals surface area contributed by atoms with E-state index >= 15 is 0 Å². The standard InChI is InChI=1S/C12H19N3O3/c1-7(2)5-8(3)15(4)11(16)9-10(12(17)18)14-6-13-9/h6-8H,5H2,1-4H3,(H,13,14)(H,17,18). The lowest BCUT2D eigenvalue weighted by Gasteiger charge is -2.25. The first kappa shape index (κ1) is 14.2. The highest BCUT2D eigenvalue weighted by Gasteiger charge is 2.25. The van der Waals surface area contributed by atoms with E-state index in [9.17, 15) is 9.59 Å². The third kappa shape index (κ3) is 3.09. The van der Waals surface area contributed by atoms with E-state index in [0.717, 1.165) is 6.42 Å². The molecule has 100 valence electrons. The Morgan fingerprint density at radius 2 is 2.06 bits per heavy atom. The van der Waals surface area contributed by atoms with Gasteiger partial charge in [0, 0.05) is 13.1 Å². The monoisotopic (exact) mass is 253 g/mol. The molecule has 1 aromatic rings. The molecular weight excluding hydrogens is 234 g/mol. The summed E-state index contributed by atoms with van der Waals surface area (Å²) in [6.07, 6.45) is 2.08. The fourth-order valence-electron chi connectivity index (χ4n) is 1.83. The Balaban J connectivity index is 2.86. The van der Waals surface area contributed by atoms with Gasteiger partial charge in [0.25, 0.3) is 5.91 Å². The van der Waals surface area contributed by atoms with Crippen LogP contribution < -0.4 is 0 Å². The summed E-state index contributed by atoms with van der Waals surface area (Å²) in [4.78, 5) is 30.8. The molecule has 1 rings (SSSR count). The van der Waals surface area contributed by atoms with Crippen molar-refractivity contribution in [2.24, 2.45) is 5.92 Å². The number of hydrogen-bond donors (Lipinski definition) is 2. The molecule has 0 saturated heterocycles. The molecule has 1 amide bonds. The van der Waals surface area contributed by atoms with Crippen LogP contribution in [0.25, 0.3) is 0 Å². The summed E-state index contributed by atoms with van der Waals surface area (Å²) in [5.74, 6) is -1.09. The molecule has 0 saturated carbocycles. The molecule has 6 nitrogen and oxygen atoms in total. The smallest absolute Gasteiger partial charge is 0.354 e. The van der Waals surface area contributed by atoms with Gasteiger partial charge in [-0.1, -0.05) is 13.8 Å². The van der Waals surface area contributed by atoms with Crippen LogP contribution in [0.4, 0.5) is 0 Å². The van der Waals surface area contributed by atoms with E-state index in [1.54, 1.807) is 7.05 Å². The highest BCUT2D eigenvalue weighted by Crippen LogP contribution is 2.13. The van der Waals surface area contributed by atoms with Crippen molar-refractivity contribution in [2.75, 3.05) is 7.05 Å². The maximum atomic E-state index is 12.1. The molecular formula is C12H19N3O3. The number of aromatic carboxylic acids is 1. The third-order valence-corrected chi connectivity index (χ3v) is 2.85. The maximum Gasteiger partial charge on any atom is 0.354 e. The molecule has 0 fully saturated rings. The first-order valence-electron chi connectivity index (χ1n) is 5.88. The highest BCUT2D eigenvalue weighted by molar-refractivity contribution is 6.02. The minimum atomic E-state index is -1.18. The van der Waals surface area contributed by atoms with Gasteiger partial charge in [-0.15, -0.1) is 0 Å². The quantitative estimate of drug-likeness (QED) is 0.834. The second-order valence-electron chi connectivity index (χ2n) is 4.83. The number of nitrogens with one attached hydrogen (secondary N) is 1. The Morgan fingerprint density at radius 1 is 1.44 bits per heavy atom. The van der Waals surface area contributed by atoms with Crippen LogP contribution in [0.5, 0.6) is 0 Å². The lowest BCUT2D eigenvalue weighted by atomic mass is 10.0. The van der Waals surface area contributed by atoms with Crippen LogP contribution >= 0.6 is 0 Å². The number of nitrogens with zero attached hydrogens (tertiary/aromatic N) is 2. The van der Waals surface area contributed by atoms with Crippen LogP contribution in [-0.4, -0.2) is 44.9 Å². The van der Waals surface area contributed by atoms with E-state index in [2.05, 4.69) is 23.8 Å². The van der Waals surface area contributed by atoms with Crippen LogP contribution in [0.1, 0.15) is 48.2 Å². The summed E-state index contributed by atoms with van der Waals surface area (Å²) in [7, 11) is 1.66. The van der Waals surface area contributed by atoms with Crippen LogP contribution in [0.15, 0.2) is 6.33 Å². The van der Waals surface area contributed by atoms with Gasteiger partial charge in [-0.25, -0.2) is 9.78 Å². The van der Waals surface area contributed by atoms with Crippen molar-refractivity contribution in [3.63, 3.8) is 0 Å². The van der Waals surface area contributed by atoms with Gasteiger partial charge in [0.15, 0.2) is 11.4 Å². The average Bonchev–Trinajstić information content (AvgIpc) is 2.74. The van der Waals surface area contributed by atoms with Gasteiger partial charge in [0.2, 0.25) is 0 Å². The number of carbonyl (C=O) groups excluding carboxylic acids is 1. The first-order valence-corrected chi connectivity index (χ1v) is 5.88. The molecule has 6 heteroatoms. The van der Waals surface area contributed by atoms with Gasteiger partial charge in [0.05, 0.1) is 6.33 Å². The van der Waals surface area contributed by atoms with Crippen molar-refractivity contribution in [2.45, 2.75) is 33.2 Å². The Bertz CT molecular complexity index is 440. The lowest BCUT2D eigenvalue weighted by Crippen LogP contribution is -2.36. The Morgan fingerprint density at radius 3 is 2.56 bits per heavy atom. The summed E-state index contributed by atoms with van der Waals surface area (Å²) in [6, 6.07) is 0.0378.